The number of aryl methyl sites for hydroxylation is 1. The van der Waals surface area contributed by atoms with Gasteiger partial charge in [-0.2, -0.15) is 0 Å². The van der Waals surface area contributed by atoms with Crippen molar-refractivity contribution in [2.75, 3.05) is 5.32 Å². The van der Waals surface area contributed by atoms with Gasteiger partial charge in [-0.05, 0) is 54.8 Å². The van der Waals surface area contributed by atoms with Gasteiger partial charge < -0.3 is 10.4 Å². The molecule has 4 rings (SSSR count). The zero-order valence-corrected chi connectivity index (χ0v) is 20.2. The van der Waals surface area contributed by atoms with Gasteiger partial charge in [0.2, 0.25) is 5.91 Å². The van der Waals surface area contributed by atoms with E-state index in [4.69, 9.17) is 0 Å². The standard InChI is InChI=1S/C27H25N3O4S/c1-3-18-9-12-21(13-10-18)28-24(31)17(2)35-27-29-23-15-20(26(33)34)11-14-22(23)25(32)30(27)16-19-7-5-4-6-8-19/h4-15,17H,3,16H2,1-2H3,(H,28,31)(H,33,34). The fourth-order valence-corrected chi connectivity index (χ4v) is 4.52. The number of carbonyl (C=O) groups is 2. The van der Waals surface area contributed by atoms with Crippen LogP contribution in [0.5, 0.6) is 0 Å². The van der Waals surface area contributed by atoms with Gasteiger partial charge in [-0.3, -0.25) is 14.2 Å². The highest BCUT2D eigenvalue weighted by molar-refractivity contribution is 8.00. The SMILES string of the molecule is CCc1ccc(NC(=O)C(C)Sc2nc3cc(C(=O)O)ccc3c(=O)n2Cc2ccccc2)cc1. The molecule has 1 aromatic heterocycles. The van der Waals surface area contributed by atoms with Crippen molar-refractivity contribution in [3.63, 3.8) is 0 Å². The fourth-order valence-electron chi connectivity index (χ4n) is 3.61. The Morgan fingerprint density at radius 3 is 2.40 bits per heavy atom. The number of carbonyl (C=O) groups excluding carboxylic acids is 1. The molecule has 1 heterocycles. The van der Waals surface area contributed by atoms with Gasteiger partial charge in [-0.1, -0.05) is 61.2 Å². The molecule has 178 valence electrons. The third kappa shape index (κ3) is 5.60. The number of hydrogen-bond donors (Lipinski definition) is 2. The first-order valence-corrected chi connectivity index (χ1v) is 12.1. The molecule has 0 aliphatic carbocycles. The van der Waals surface area contributed by atoms with E-state index in [1.165, 1.54) is 28.3 Å². The van der Waals surface area contributed by atoms with Crippen LogP contribution in [0.1, 0.15) is 35.3 Å². The largest absolute Gasteiger partial charge is 0.478 e. The van der Waals surface area contributed by atoms with Crippen molar-refractivity contribution in [3.05, 3.63) is 99.8 Å². The van der Waals surface area contributed by atoms with Crippen LogP contribution in [-0.4, -0.2) is 31.8 Å². The molecule has 0 radical (unpaired) electrons. The lowest BCUT2D eigenvalue weighted by molar-refractivity contribution is -0.115. The summed E-state index contributed by atoms with van der Waals surface area (Å²) in [6, 6.07) is 21.4. The number of hydrogen-bond acceptors (Lipinski definition) is 5. The van der Waals surface area contributed by atoms with Crippen LogP contribution in [0.25, 0.3) is 10.9 Å². The van der Waals surface area contributed by atoms with E-state index in [0.29, 0.717) is 16.2 Å². The summed E-state index contributed by atoms with van der Waals surface area (Å²) in [6.07, 6.45) is 0.913. The van der Waals surface area contributed by atoms with Gasteiger partial charge in [0.25, 0.3) is 5.56 Å². The molecule has 0 saturated heterocycles. The van der Waals surface area contributed by atoms with Crippen LogP contribution in [0.4, 0.5) is 5.69 Å². The summed E-state index contributed by atoms with van der Waals surface area (Å²) in [7, 11) is 0. The average molecular weight is 488 g/mol. The second-order valence-corrected chi connectivity index (χ2v) is 9.42. The maximum Gasteiger partial charge on any atom is 0.335 e. The van der Waals surface area contributed by atoms with Crippen LogP contribution >= 0.6 is 11.8 Å². The maximum absolute atomic E-state index is 13.4. The van der Waals surface area contributed by atoms with Gasteiger partial charge >= 0.3 is 5.97 Å². The molecule has 0 saturated carbocycles. The van der Waals surface area contributed by atoms with Crippen LogP contribution < -0.4 is 10.9 Å². The average Bonchev–Trinajstić information content (AvgIpc) is 2.87. The highest BCUT2D eigenvalue weighted by Crippen LogP contribution is 2.25. The zero-order chi connectivity index (χ0) is 24.9. The summed E-state index contributed by atoms with van der Waals surface area (Å²) in [4.78, 5) is 42.4. The van der Waals surface area contributed by atoms with Gasteiger partial charge in [0.05, 0.1) is 28.3 Å². The van der Waals surface area contributed by atoms with Crippen molar-refractivity contribution in [2.45, 2.75) is 37.2 Å². The Morgan fingerprint density at radius 2 is 1.74 bits per heavy atom. The smallest absolute Gasteiger partial charge is 0.335 e. The normalized spacial score (nSPS) is 11.8. The molecule has 1 amide bonds. The van der Waals surface area contributed by atoms with Crippen LogP contribution in [0.3, 0.4) is 0 Å². The fraction of sp³-hybridized carbons (Fsp3) is 0.185. The van der Waals surface area contributed by atoms with E-state index in [9.17, 15) is 19.5 Å². The Morgan fingerprint density at radius 1 is 1.03 bits per heavy atom. The van der Waals surface area contributed by atoms with Gasteiger partial charge in [0, 0.05) is 5.69 Å². The van der Waals surface area contributed by atoms with Crippen molar-refractivity contribution < 1.29 is 14.7 Å². The molecular weight excluding hydrogens is 462 g/mol. The van der Waals surface area contributed by atoms with E-state index < -0.39 is 11.2 Å². The number of nitrogens with zero attached hydrogens (tertiary/aromatic N) is 2. The van der Waals surface area contributed by atoms with Gasteiger partial charge in [0.1, 0.15) is 0 Å². The molecule has 35 heavy (non-hydrogen) atoms. The molecule has 2 N–H and O–H groups in total. The lowest BCUT2D eigenvalue weighted by atomic mass is 10.1. The van der Waals surface area contributed by atoms with E-state index in [-0.39, 0.29) is 29.1 Å². The molecule has 0 bridgehead atoms. The minimum Gasteiger partial charge on any atom is -0.478 e. The number of fused-ring (bicyclic) bond motifs is 1. The molecule has 0 aliphatic heterocycles. The first kappa shape index (κ1) is 24.2. The molecule has 3 aromatic carbocycles. The van der Waals surface area contributed by atoms with Crippen molar-refractivity contribution >= 4 is 40.2 Å². The first-order chi connectivity index (χ1) is 16.9. The number of nitrogens with one attached hydrogen (secondary N) is 1. The second kappa shape index (κ2) is 10.6. The quantitative estimate of drug-likeness (QED) is 0.273. The monoisotopic (exact) mass is 487 g/mol. The van der Waals surface area contributed by atoms with E-state index >= 15 is 0 Å². The van der Waals surface area contributed by atoms with Gasteiger partial charge in [0.15, 0.2) is 5.16 Å². The molecule has 4 aromatic rings. The molecule has 0 fully saturated rings. The van der Waals surface area contributed by atoms with Crippen molar-refractivity contribution in [2.24, 2.45) is 0 Å². The number of thioether (sulfide) groups is 1. The summed E-state index contributed by atoms with van der Waals surface area (Å²) in [5.41, 5.74) is 2.82. The number of aromatic carboxylic acids is 1. The molecule has 1 unspecified atom stereocenters. The highest BCUT2D eigenvalue weighted by atomic mass is 32.2. The van der Waals surface area contributed by atoms with E-state index in [1.807, 2.05) is 54.6 Å². The lowest BCUT2D eigenvalue weighted by Gasteiger charge is -2.17. The molecule has 7 nitrogen and oxygen atoms in total. The number of carboxylic acids is 1. The predicted molar refractivity (Wildman–Crippen MR) is 138 cm³/mol. The van der Waals surface area contributed by atoms with Gasteiger partial charge in [-0.15, -0.1) is 0 Å². The number of rotatable bonds is 8. The number of aromatic nitrogens is 2. The summed E-state index contributed by atoms with van der Waals surface area (Å²) in [5.74, 6) is -1.32. The highest BCUT2D eigenvalue weighted by Gasteiger charge is 2.20. The Labute approximate surface area is 206 Å². The lowest BCUT2D eigenvalue weighted by Crippen LogP contribution is -2.27. The van der Waals surface area contributed by atoms with E-state index in [2.05, 4.69) is 17.2 Å². The number of anilines is 1. The van der Waals surface area contributed by atoms with Crippen molar-refractivity contribution in [1.29, 1.82) is 0 Å². The van der Waals surface area contributed by atoms with Crippen LogP contribution in [0.15, 0.2) is 82.7 Å². The third-order valence-corrected chi connectivity index (χ3v) is 6.72. The molecule has 0 spiro atoms. The van der Waals surface area contributed by atoms with Crippen molar-refractivity contribution in [1.82, 2.24) is 9.55 Å². The Balaban J connectivity index is 1.68. The number of amides is 1. The minimum absolute atomic E-state index is 0.0440. The number of benzene rings is 3. The third-order valence-electron chi connectivity index (χ3n) is 5.63. The summed E-state index contributed by atoms with van der Waals surface area (Å²) >= 11 is 1.16. The minimum atomic E-state index is -1.10. The zero-order valence-electron chi connectivity index (χ0n) is 19.4. The molecule has 0 aliphatic rings. The molecule has 1 atom stereocenters. The first-order valence-electron chi connectivity index (χ1n) is 11.2. The van der Waals surface area contributed by atoms with Crippen LogP contribution in [0, 0.1) is 0 Å². The van der Waals surface area contributed by atoms with Crippen LogP contribution in [-0.2, 0) is 17.8 Å². The Kier molecular flexibility index (Phi) is 7.31. The molecule has 8 heteroatoms. The molecular formula is C27H25N3O4S. The maximum atomic E-state index is 13.4. The summed E-state index contributed by atoms with van der Waals surface area (Å²) < 4.78 is 1.53. The van der Waals surface area contributed by atoms with E-state index in [0.717, 1.165) is 23.7 Å². The summed E-state index contributed by atoms with van der Waals surface area (Å²) in [6.45, 7) is 4.09. The van der Waals surface area contributed by atoms with Crippen LogP contribution in [0.2, 0.25) is 0 Å². The Bertz CT molecular complexity index is 1430. The second-order valence-electron chi connectivity index (χ2n) is 8.11. The van der Waals surface area contributed by atoms with E-state index in [1.54, 1.807) is 6.92 Å². The number of carboxylic acid groups (broad SMARTS) is 1. The topological polar surface area (TPSA) is 101 Å². The predicted octanol–water partition coefficient (Wildman–Crippen LogP) is 4.82. The van der Waals surface area contributed by atoms with Gasteiger partial charge in [-0.25, -0.2) is 9.78 Å². The van der Waals surface area contributed by atoms with Crippen molar-refractivity contribution in [3.8, 4) is 0 Å². The summed E-state index contributed by atoms with van der Waals surface area (Å²) in [5, 5.41) is 12.4. The Hall–Kier alpha value is -3.91.